The molecule has 0 aliphatic carbocycles. The quantitative estimate of drug-likeness (QED) is 0.623. The number of rotatable bonds is 6. The molecule has 0 spiro atoms. The summed E-state index contributed by atoms with van der Waals surface area (Å²) < 4.78 is 4.99. The van der Waals surface area contributed by atoms with E-state index in [0.717, 1.165) is 11.1 Å². The molecule has 1 aromatic carbocycles. The van der Waals surface area contributed by atoms with Crippen LogP contribution in [0.1, 0.15) is 11.1 Å². The Morgan fingerprint density at radius 3 is 2.62 bits per heavy atom. The molecule has 0 aliphatic heterocycles. The standard InChI is InChI=1S/C14H16N4O3/c1-21-13-7-6-12(18(19)20)14(17-13)16-9-11-5-3-2-4-10(11)8-15/h2-7H,8-9,15H2,1H3,(H,16,17). The van der Waals surface area contributed by atoms with Crippen molar-refractivity contribution in [3.8, 4) is 5.88 Å². The summed E-state index contributed by atoms with van der Waals surface area (Å²) >= 11 is 0. The summed E-state index contributed by atoms with van der Waals surface area (Å²) in [6.45, 7) is 0.805. The molecule has 0 saturated heterocycles. The van der Waals surface area contributed by atoms with Crippen molar-refractivity contribution in [3.63, 3.8) is 0 Å². The highest BCUT2D eigenvalue weighted by atomic mass is 16.6. The summed E-state index contributed by atoms with van der Waals surface area (Å²) in [5.41, 5.74) is 7.53. The molecule has 0 atom stereocenters. The van der Waals surface area contributed by atoms with Crippen LogP contribution in [0.5, 0.6) is 5.88 Å². The van der Waals surface area contributed by atoms with E-state index >= 15 is 0 Å². The zero-order chi connectivity index (χ0) is 15.2. The van der Waals surface area contributed by atoms with Crippen LogP contribution >= 0.6 is 0 Å². The Kier molecular flexibility index (Phi) is 4.68. The molecule has 7 heteroatoms. The largest absolute Gasteiger partial charge is 0.481 e. The van der Waals surface area contributed by atoms with Gasteiger partial charge in [-0.2, -0.15) is 4.98 Å². The summed E-state index contributed by atoms with van der Waals surface area (Å²) in [5.74, 6) is 0.487. The van der Waals surface area contributed by atoms with Gasteiger partial charge in [0.1, 0.15) is 0 Å². The zero-order valence-corrected chi connectivity index (χ0v) is 11.6. The van der Waals surface area contributed by atoms with E-state index in [4.69, 9.17) is 10.5 Å². The molecule has 0 saturated carbocycles. The van der Waals surface area contributed by atoms with E-state index in [1.54, 1.807) is 0 Å². The monoisotopic (exact) mass is 288 g/mol. The minimum atomic E-state index is -0.483. The lowest BCUT2D eigenvalue weighted by Gasteiger charge is -2.10. The fourth-order valence-electron chi connectivity index (χ4n) is 1.93. The highest BCUT2D eigenvalue weighted by molar-refractivity contribution is 5.57. The van der Waals surface area contributed by atoms with Crippen LogP contribution in [0.15, 0.2) is 36.4 Å². The van der Waals surface area contributed by atoms with Crippen molar-refractivity contribution in [1.29, 1.82) is 0 Å². The summed E-state index contributed by atoms with van der Waals surface area (Å²) in [7, 11) is 1.46. The number of hydrogen-bond acceptors (Lipinski definition) is 6. The van der Waals surface area contributed by atoms with E-state index in [2.05, 4.69) is 10.3 Å². The summed E-state index contributed by atoms with van der Waals surface area (Å²) in [6.07, 6.45) is 0. The van der Waals surface area contributed by atoms with Gasteiger partial charge in [-0.05, 0) is 11.1 Å². The molecule has 0 amide bonds. The van der Waals surface area contributed by atoms with Crippen molar-refractivity contribution >= 4 is 11.5 Å². The van der Waals surface area contributed by atoms with Crippen molar-refractivity contribution in [2.45, 2.75) is 13.1 Å². The average Bonchev–Trinajstić information content (AvgIpc) is 2.52. The molecule has 0 unspecified atom stereocenters. The molecule has 1 aromatic heterocycles. The first kappa shape index (κ1) is 14.7. The van der Waals surface area contributed by atoms with Crippen LogP contribution in [0.25, 0.3) is 0 Å². The lowest BCUT2D eigenvalue weighted by molar-refractivity contribution is -0.384. The van der Waals surface area contributed by atoms with Gasteiger partial charge in [-0.15, -0.1) is 0 Å². The lowest BCUT2D eigenvalue weighted by Crippen LogP contribution is -2.09. The Morgan fingerprint density at radius 1 is 1.29 bits per heavy atom. The number of pyridine rings is 1. The van der Waals surface area contributed by atoms with Gasteiger partial charge in [0.05, 0.1) is 12.0 Å². The van der Waals surface area contributed by atoms with Gasteiger partial charge >= 0.3 is 5.69 Å². The van der Waals surface area contributed by atoms with Gasteiger partial charge in [0.15, 0.2) is 0 Å². The van der Waals surface area contributed by atoms with Crippen LogP contribution in [0.4, 0.5) is 11.5 Å². The highest BCUT2D eigenvalue weighted by Gasteiger charge is 2.16. The summed E-state index contributed by atoms with van der Waals surface area (Å²) in [5, 5.41) is 14.0. The molecule has 0 aliphatic rings. The fourth-order valence-corrected chi connectivity index (χ4v) is 1.93. The van der Waals surface area contributed by atoms with E-state index in [-0.39, 0.29) is 11.5 Å². The molecule has 110 valence electrons. The number of hydrogen-bond donors (Lipinski definition) is 2. The summed E-state index contributed by atoms with van der Waals surface area (Å²) in [6, 6.07) is 10.5. The number of nitrogens with two attached hydrogens (primary N) is 1. The van der Waals surface area contributed by atoms with Crippen LogP contribution in [-0.4, -0.2) is 17.0 Å². The third-order valence-corrected chi connectivity index (χ3v) is 3.04. The van der Waals surface area contributed by atoms with Gasteiger partial charge in [-0.1, -0.05) is 24.3 Å². The molecule has 0 bridgehead atoms. The minimum absolute atomic E-state index is 0.0963. The van der Waals surface area contributed by atoms with Crippen molar-refractivity contribution < 1.29 is 9.66 Å². The Morgan fingerprint density at radius 2 is 2.00 bits per heavy atom. The molecule has 3 N–H and O–H groups in total. The number of benzene rings is 1. The van der Waals surface area contributed by atoms with Gasteiger partial charge in [-0.3, -0.25) is 10.1 Å². The minimum Gasteiger partial charge on any atom is -0.481 e. The van der Waals surface area contributed by atoms with Crippen LogP contribution in [0.2, 0.25) is 0 Å². The third-order valence-electron chi connectivity index (χ3n) is 3.04. The van der Waals surface area contributed by atoms with Gasteiger partial charge < -0.3 is 15.8 Å². The number of methoxy groups -OCH3 is 1. The highest BCUT2D eigenvalue weighted by Crippen LogP contribution is 2.25. The van der Waals surface area contributed by atoms with Crippen molar-refractivity contribution in [2.75, 3.05) is 12.4 Å². The molecule has 0 radical (unpaired) electrons. The fraction of sp³-hybridized carbons (Fsp3) is 0.214. The normalized spacial score (nSPS) is 10.2. The van der Waals surface area contributed by atoms with Crippen molar-refractivity contribution in [2.24, 2.45) is 5.73 Å². The van der Waals surface area contributed by atoms with Crippen LogP contribution in [0.3, 0.4) is 0 Å². The Balaban J connectivity index is 2.24. The Bertz CT molecular complexity index is 646. The van der Waals surface area contributed by atoms with E-state index in [1.807, 2.05) is 24.3 Å². The van der Waals surface area contributed by atoms with E-state index in [0.29, 0.717) is 19.0 Å². The zero-order valence-electron chi connectivity index (χ0n) is 11.6. The van der Waals surface area contributed by atoms with Crippen LogP contribution in [-0.2, 0) is 13.1 Å². The molecule has 0 fully saturated rings. The molecule has 2 rings (SSSR count). The number of nitrogens with one attached hydrogen (secondary N) is 1. The van der Waals surface area contributed by atoms with E-state index in [1.165, 1.54) is 19.2 Å². The van der Waals surface area contributed by atoms with E-state index in [9.17, 15) is 10.1 Å². The van der Waals surface area contributed by atoms with Crippen molar-refractivity contribution in [3.05, 3.63) is 57.6 Å². The molecule has 21 heavy (non-hydrogen) atoms. The molecule has 1 heterocycles. The molecular weight excluding hydrogens is 272 g/mol. The van der Waals surface area contributed by atoms with Crippen LogP contribution < -0.4 is 15.8 Å². The molecule has 7 nitrogen and oxygen atoms in total. The number of ether oxygens (including phenoxy) is 1. The maximum Gasteiger partial charge on any atom is 0.311 e. The smallest absolute Gasteiger partial charge is 0.311 e. The SMILES string of the molecule is COc1ccc([N+](=O)[O-])c(NCc2ccccc2CN)n1. The van der Waals surface area contributed by atoms with Gasteiger partial charge in [0.25, 0.3) is 0 Å². The Hall–Kier alpha value is -2.67. The Labute approximate surface area is 121 Å². The predicted octanol–water partition coefficient (Wildman–Crippen LogP) is 2.07. The molecular formula is C14H16N4O3. The van der Waals surface area contributed by atoms with Gasteiger partial charge in [-0.25, -0.2) is 0 Å². The maximum atomic E-state index is 11.0. The summed E-state index contributed by atoms with van der Waals surface area (Å²) in [4.78, 5) is 14.6. The van der Waals surface area contributed by atoms with Gasteiger partial charge in [0.2, 0.25) is 11.7 Å². The number of nitro groups is 1. The van der Waals surface area contributed by atoms with Crippen LogP contribution in [0, 0.1) is 10.1 Å². The third kappa shape index (κ3) is 3.46. The first-order valence-electron chi connectivity index (χ1n) is 6.36. The lowest BCUT2D eigenvalue weighted by atomic mass is 10.1. The maximum absolute atomic E-state index is 11.0. The van der Waals surface area contributed by atoms with Gasteiger partial charge in [0, 0.05) is 25.2 Å². The second kappa shape index (κ2) is 6.67. The average molecular weight is 288 g/mol. The van der Waals surface area contributed by atoms with Crippen molar-refractivity contribution in [1.82, 2.24) is 4.98 Å². The second-order valence-electron chi connectivity index (χ2n) is 4.30. The first-order chi connectivity index (χ1) is 10.2. The topological polar surface area (TPSA) is 103 Å². The number of anilines is 1. The first-order valence-corrected chi connectivity index (χ1v) is 6.36. The second-order valence-corrected chi connectivity index (χ2v) is 4.30. The predicted molar refractivity (Wildman–Crippen MR) is 79.1 cm³/mol. The number of aromatic nitrogens is 1. The van der Waals surface area contributed by atoms with E-state index < -0.39 is 4.92 Å². The number of nitrogens with zero attached hydrogens (tertiary/aromatic N) is 2. The molecule has 2 aromatic rings.